The first-order valence-corrected chi connectivity index (χ1v) is 3.80. The lowest BCUT2D eigenvalue weighted by Crippen LogP contribution is -2.35. The molecule has 0 aliphatic heterocycles. The van der Waals surface area contributed by atoms with Crippen molar-refractivity contribution in [1.29, 1.82) is 0 Å². The number of hydrogen-bond acceptors (Lipinski definition) is 2. The quantitative estimate of drug-likeness (QED) is 0.649. The normalized spacial score (nSPS) is 16.4. The Morgan fingerprint density at radius 2 is 2.00 bits per heavy atom. The van der Waals surface area contributed by atoms with Gasteiger partial charge in [0, 0.05) is 0 Å². The van der Waals surface area contributed by atoms with Gasteiger partial charge in [-0.1, -0.05) is 20.3 Å². The molecule has 2 heteroatoms. The van der Waals surface area contributed by atoms with Gasteiger partial charge in [0.05, 0.1) is 0 Å². The summed E-state index contributed by atoms with van der Waals surface area (Å²) >= 11 is 0. The molecule has 0 aromatic heterocycles. The van der Waals surface area contributed by atoms with Crippen LogP contribution < -0.4 is 0 Å². The van der Waals surface area contributed by atoms with Gasteiger partial charge in [-0.15, -0.1) is 0 Å². The Hall–Kier alpha value is -0.370. The number of Topliss-reactive ketones (excluding diaryl/α,β-unsaturated/α-hetero) is 1. The highest BCUT2D eigenvalue weighted by atomic mass is 16.3. The summed E-state index contributed by atoms with van der Waals surface area (Å²) in [6.07, 6.45) is 1.96. The number of ketones is 1. The van der Waals surface area contributed by atoms with E-state index in [2.05, 4.69) is 0 Å². The summed E-state index contributed by atoms with van der Waals surface area (Å²) in [4.78, 5) is 10.8. The third-order valence-corrected chi connectivity index (χ3v) is 1.90. The summed E-state index contributed by atoms with van der Waals surface area (Å²) in [7, 11) is 0. The molecule has 0 amide bonds. The second kappa shape index (κ2) is 3.71. The van der Waals surface area contributed by atoms with Crippen LogP contribution in [0.2, 0.25) is 0 Å². The van der Waals surface area contributed by atoms with Crippen molar-refractivity contribution in [2.75, 3.05) is 0 Å². The lowest BCUT2D eigenvalue weighted by Gasteiger charge is -2.22. The van der Waals surface area contributed by atoms with Crippen LogP contribution in [0, 0.1) is 0 Å². The molecule has 1 unspecified atom stereocenters. The zero-order chi connectivity index (χ0) is 8.20. The van der Waals surface area contributed by atoms with Crippen molar-refractivity contribution in [2.24, 2.45) is 0 Å². The predicted molar refractivity (Wildman–Crippen MR) is 40.8 cm³/mol. The molecule has 0 saturated carbocycles. The van der Waals surface area contributed by atoms with Gasteiger partial charge < -0.3 is 5.11 Å². The highest BCUT2D eigenvalue weighted by Gasteiger charge is 2.28. The molecule has 0 aromatic rings. The van der Waals surface area contributed by atoms with Gasteiger partial charge >= 0.3 is 0 Å². The van der Waals surface area contributed by atoms with E-state index in [9.17, 15) is 9.90 Å². The van der Waals surface area contributed by atoms with Crippen LogP contribution in [0.1, 0.15) is 40.0 Å². The van der Waals surface area contributed by atoms with E-state index in [1.165, 1.54) is 6.92 Å². The first-order valence-electron chi connectivity index (χ1n) is 3.80. The number of hydrogen-bond donors (Lipinski definition) is 1. The molecule has 0 fully saturated rings. The highest BCUT2D eigenvalue weighted by Crippen LogP contribution is 2.17. The van der Waals surface area contributed by atoms with E-state index in [0.29, 0.717) is 12.8 Å². The molecule has 1 atom stereocenters. The Bertz CT molecular complexity index is 120. The number of aliphatic hydroxyl groups is 1. The van der Waals surface area contributed by atoms with Crippen molar-refractivity contribution in [3.05, 3.63) is 0 Å². The Kier molecular flexibility index (Phi) is 3.58. The second-order valence-electron chi connectivity index (χ2n) is 2.69. The molecule has 2 nitrogen and oxygen atoms in total. The standard InChI is InChI=1S/C8H16O2/c1-4-6-8(10,5-2)7(3)9/h10H,4-6H2,1-3H3. The zero-order valence-electron chi connectivity index (χ0n) is 6.98. The molecule has 60 valence electrons. The van der Waals surface area contributed by atoms with Gasteiger partial charge in [0.2, 0.25) is 0 Å². The van der Waals surface area contributed by atoms with Gasteiger partial charge in [0.1, 0.15) is 5.60 Å². The minimum Gasteiger partial charge on any atom is -0.382 e. The van der Waals surface area contributed by atoms with Crippen molar-refractivity contribution in [3.63, 3.8) is 0 Å². The monoisotopic (exact) mass is 144 g/mol. The topological polar surface area (TPSA) is 37.3 Å². The zero-order valence-corrected chi connectivity index (χ0v) is 6.98. The van der Waals surface area contributed by atoms with Gasteiger partial charge in [0.15, 0.2) is 5.78 Å². The van der Waals surface area contributed by atoms with Crippen LogP contribution in [0.3, 0.4) is 0 Å². The Labute approximate surface area is 62.2 Å². The highest BCUT2D eigenvalue weighted by molar-refractivity contribution is 5.84. The number of rotatable bonds is 4. The summed E-state index contributed by atoms with van der Waals surface area (Å²) in [5.41, 5.74) is -1.05. The number of carbonyl (C=O) groups excluding carboxylic acids is 1. The Balaban J connectivity index is 4.08. The average molecular weight is 144 g/mol. The molecule has 1 N–H and O–H groups in total. The molecule has 0 aromatic carbocycles. The van der Waals surface area contributed by atoms with Crippen LogP contribution >= 0.6 is 0 Å². The second-order valence-corrected chi connectivity index (χ2v) is 2.69. The largest absolute Gasteiger partial charge is 0.382 e. The minimum atomic E-state index is -1.05. The van der Waals surface area contributed by atoms with Gasteiger partial charge in [-0.3, -0.25) is 4.79 Å². The van der Waals surface area contributed by atoms with Crippen LogP contribution in [0.5, 0.6) is 0 Å². The maximum Gasteiger partial charge on any atom is 0.161 e. The Morgan fingerprint density at radius 1 is 1.50 bits per heavy atom. The molecule has 10 heavy (non-hydrogen) atoms. The molecular weight excluding hydrogens is 128 g/mol. The fourth-order valence-corrected chi connectivity index (χ4v) is 1.02. The van der Waals surface area contributed by atoms with Crippen molar-refractivity contribution in [3.8, 4) is 0 Å². The molecule has 0 aliphatic carbocycles. The smallest absolute Gasteiger partial charge is 0.161 e. The third kappa shape index (κ3) is 2.10. The predicted octanol–water partition coefficient (Wildman–Crippen LogP) is 1.52. The van der Waals surface area contributed by atoms with Crippen LogP contribution in [-0.2, 0) is 4.79 Å². The van der Waals surface area contributed by atoms with Crippen molar-refractivity contribution < 1.29 is 9.90 Å². The van der Waals surface area contributed by atoms with E-state index < -0.39 is 5.60 Å². The van der Waals surface area contributed by atoms with Crippen LogP contribution in [0.25, 0.3) is 0 Å². The Morgan fingerprint density at radius 3 is 2.10 bits per heavy atom. The van der Waals surface area contributed by atoms with Crippen LogP contribution in [0.15, 0.2) is 0 Å². The fourth-order valence-electron chi connectivity index (χ4n) is 1.02. The molecule has 0 heterocycles. The summed E-state index contributed by atoms with van der Waals surface area (Å²) in [6.45, 7) is 5.24. The maximum absolute atomic E-state index is 10.8. The van der Waals surface area contributed by atoms with Crippen molar-refractivity contribution in [1.82, 2.24) is 0 Å². The number of carbonyl (C=O) groups is 1. The van der Waals surface area contributed by atoms with E-state index in [4.69, 9.17) is 0 Å². The molecule has 0 bridgehead atoms. The van der Waals surface area contributed by atoms with E-state index in [1.54, 1.807) is 0 Å². The van der Waals surface area contributed by atoms with Crippen LogP contribution in [0.4, 0.5) is 0 Å². The van der Waals surface area contributed by atoms with Crippen LogP contribution in [-0.4, -0.2) is 16.5 Å². The minimum absolute atomic E-state index is 0.114. The molecule has 0 radical (unpaired) electrons. The van der Waals surface area contributed by atoms with Gasteiger partial charge in [0.25, 0.3) is 0 Å². The van der Waals surface area contributed by atoms with E-state index in [1.807, 2.05) is 13.8 Å². The first-order chi connectivity index (χ1) is 4.56. The fraction of sp³-hybridized carbons (Fsp3) is 0.875. The summed E-state index contributed by atoms with van der Waals surface area (Å²) in [5, 5.41) is 9.55. The summed E-state index contributed by atoms with van der Waals surface area (Å²) in [6, 6.07) is 0. The van der Waals surface area contributed by atoms with Crippen molar-refractivity contribution >= 4 is 5.78 Å². The third-order valence-electron chi connectivity index (χ3n) is 1.90. The summed E-state index contributed by atoms with van der Waals surface area (Å²) < 4.78 is 0. The first kappa shape index (κ1) is 9.63. The average Bonchev–Trinajstić information content (AvgIpc) is 1.88. The van der Waals surface area contributed by atoms with E-state index in [-0.39, 0.29) is 5.78 Å². The van der Waals surface area contributed by atoms with Gasteiger partial charge in [-0.05, 0) is 19.8 Å². The lowest BCUT2D eigenvalue weighted by molar-refractivity contribution is -0.136. The molecule has 0 aliphatic rings. The molecule has 0 spiro atoms. The molecular formula is C8H16O2. The van der Waals surface area contributed by atoms with E-state index >= 15 is 0 Å². The maximum atomic E-state index is 10.8. The van der Waals surface area contributed by atoms with Gasteiger partial charge in [-0.25, -0.2) is 0 Å². The molecule has 0 saturated heterocycles. The van der Waals surface area contributed by atoms with Gasteiger partial charge in [-0.2, -0.15) is 0 Å². The lowest BCUT2D eigenvalue weighted by atomic mass is 9.91. The summed E-state index contributed by atoms with van der Waals surface area (Å²) in [5.74, 6) is -0.114. The van der Waals surface area contributed by atoms with Crippen molar-refractivity contribution in [2.45, 2.75) is 45.6 Å². The SMILES string of the molecule is CCCC(O)(CC)C(C)=O. The van der Waals surface area contributed by atoms with E-state index in [0.717, 1.165) is 6.42 Å². The molecule has 0 rings (SSSR count).